The number of carbonyl (C=O) groups excluding carboxylic acids is 2. The normalized spacial score (nSPS) is 14.4. The van der Waals surface area contributed by atoms with Crippen LogP contribution in [-0.4, -0.2) is 44.1 Å². The van der Waals surface area contributed by atoms with Crippen LogP contribution in [0.1, 0.15) is 54.1 Å². The lowest BCUT2D eigenvalue weighted by molar-refractivity contribution is -0.141. The zero-order valence-corrected chi connectivity index (χ0v) is 23.1. The third-order valence-corrected chi connectivity index (χ3v) is 7.87. The molecular formula is C30H36N2O5S. The van der Waals surface area contributed by atoms with Gasteiger partial charge in [0.2, 0.25) is 11.8 Å². The molecule has 2 amide bonds. The summed E-state index contributed by atoms with van der Waals surface area (Å²) in [6.45, 7) is 0.214. The molecule has 1 saturated carbocycles. The van der Waals surface area contributed by atoms with E-state index in [1.54, 1.807) is 38.4 Å². The molecule has 1 aromatic heterocycles. The summed E-state index contributed by atoms with van der Waals surface area (Å²) in [7, 11) is 4.74. The topological polar surface area (TPSA) is 77.1 Å². The summed E-state index contributed by atoms with van der Waals surface area (Å²) in [6.07, 6.45) is 5.46. The quantitative estimate of drug-likeness (QED) is 0.348. The van der Waals surface area contributed by atoms with E-state index < -0.39 is 6.04 Å². The van der Waals surface area contributed by atoms with Gasteiger partial charge in [-0.1, -0.05) is 49.6 Å². The monoisotopic (exact) mass is 536 g/mol. The molecule has 0 bridgehead atoms. The van der Waals surface area contributed by atoms with Crippen LogP contribution in [0, 0.1) is 0 Å². The number of carbonyl (C=O) groups is 2. The number of amides is 2. The minimum Gasteiger partial charge on any atom is -0.496 e. The summed E-state index contributed by atoms with van der Waals surface area (Å²) in [6, 6.07) is 16.1. The fourth-order valence-corrected chi connectivity index (χ4v) is 5.72. The molecule has 0 saturated heterocycles. The maximum Gasteiger partial charge on any atom is 0.247 e. The van der Waals surface area contributed by atoms with E-state index in [9.17, 15) is 9.59 Å². The van der Waals surface area contributed by atoms with Gasteiger partial charge >= 0.3 is 0 Å². The number of para-hydroxylation sites is 1. The van der Waals surface area contributed by atoms with Crippen molar-refractivity contribution in [1.29, 1.82) is 0 Å². The van der Waals surface area contributed by atoms with Crippen LogP contribution in [0.25, 0.3) is 0 Å². The van der Waals surface area contributed by atoms with Crippen molar-refractivity contribution in [3.63, 3.8) is 0 Å². The molecular weight excluding hydrogens is 500 g/mol. The lowest BCUT2D eigenvalue weighted by Crippen LogP contribution is -2.47. The van der Waals surface area contributed by atoms with Crippen molar-refractivity contribution in [2.45, 2.75) is 57.2 Å². The highest BCUT2D eigenvalue weighted by atomic mass is 32.1. The molecule has 7 nitrogen and oxygen atoms in total. The first-order chi connectivity index (χ1) is 18.5. The Balaban J connectivity index is 1.77. The average molecular weight is 537 g/mol. The highest BCUT2D eigenvalue weighted by Gasteiger charge is 2.34. The second kappa shape index (κ2) is 13.3. The maximum atomic E-state index is 14.1. The van der Waals surface area contributed by atoms with Crippen LogP contribution in [0.4, 0.5) is 0 Å². The van der Waals surface area contributed by atoms with Gasteiger partial charge in [-0.25, -0.2) is 0 Å². The fourth-order valence-electron chi connectivity index (χ4n) is 5.03. The number of nitrogens with zero attached hydrogens (tertiary/aromatic N) is 1. The van der Waals surface area contributed by atoms with Crippen molar-refractivity contribution in [3.8, 4) is 17.2 Å². The highest BCUT2D eigenvalue weighted by Crippen LogP contribution is 2.34. The minimum atomic E-state index is -0.867. The van der Waals surface area contributed by atoms with Crippen LogP contribution in [0.15, 0.2) is 60.0 Å². The van der Waals surface area contributed by atoms with E-state index in [1.165, 1.54) is 17.8 Å². The third-order valence-electron chi connectivity index (χ3n) is 6.99. The van der Waals surface area contributed by atoms with Gasteiger partial charge in [-0.15, -0.1) is 11.3 Å². The van der Waals surface area contributed by atoms with Gasteiger partial charge in [0.15, 0.2) is 11.5 Å². The number of nitrogens with one attached hydrogen (secondary N) is 1. The molecule has 202 valence electrons. The van der Waals surface area contributed by atoms with E-state index in [-0.39, 0.29) is 30.8 Å². The van der Waals surface area contributed by atoms with E-state index in [2.05, 4.69) is 5.32 Å². The van der Waals surface area contributed by atoms with Gasteiger partial charge in [0.1, 0.15) is 11.8 Å². The second-order valence-electron chi connectivity index (χ2n) is 9.45. The lowest BCUT2D eigenvalue weighted by atomic mass is 9.94. The van der Waals surface area contributed by atoms with Crippen molar-refractivity contribution in [1.82, 2.24) is 10.2 Å². The molecule has 8 heteroatoms. The Morgan fingerprint density at radius 1 is 0.921 bits per heavy atom. The number of benzene rings is 2. The standard InChI is InChI=1S/C30H36N2O5S/c1-35-25-14-8-7-10-22(25)20-32(28(33)19-24-13-9-17-38-24)29(30(34)31-23-11-5-4-6-12-23)21-15-16-26(36-2)27(18-21)37-3/h7-10,13-18,23,29H,4-6,11-12,19-20H2,1-3H3,(H,31,34)/t29-/m1/s1. The van der Waals surface area contributed by atoms with Gasteiger partial charge in [-0.2, -0.15) is 0 Å². The van der Waals surface area contributed by atoms with Crippen molar-refractivity contribution in [3.05, 3.63) is 76.0 Å². The number of ether oxygens (including phenoxy) is 3. The van der Waals surface area contributed by atoms with Crippen molar-refractivity contribution in [2.24, 2.45) is 0 Å². The van der Waals surface area contributed by atoms with Crippen LogP contribution < -0.4 is 19.5 Å². The van der Waals surface area contributed by atoms with Crippen LogP contribution in [0.2, 0.25) is 0 Å². The molecule has 1 N–H and O–H groups in total. The van der Waals surface area contributed by atoms with Crippen molar-refractivity contribution >= 4 is 23.2 Å². The van der Waals surface area contributed by atoms with Gasteiger partial charge in [0.25, 0.3) is 0 Å². The summed E-state index contributed by atoms with van der Waals surface area (Å²) >= 11 is 1.53. The van der Waals surface area contributed by atoms with Gasteiger partial charge in [-0.3, -0.25) is 9.59 Å². The van der Waals surface area contributed by atoms with Gasteiger partial charge in [-0.05, 0) is 48.1 Å². The number of rotatable bonds is 11. The smallest absolute Gasteiger partial charge is 0.247 e. The van der Waals surface area contributed by atoms with Crippen LogP contribution >= 0.6 is 11.3 Å². The van der Waals surface area contributed by atoms with Gasteiger partial charge < -0.3 is 24.4 Å². The third kappa shape index (κ3) is 6.67. The molecule has 1 aliphatic carbocycles. The Kier molecular flexibility index (Phi) is 9.65. The van der Waals surface area contributed by atoms with E-state index in [0.29, 0.717) is 22.8 Å². The summed E-state index contributed by atoms with van der Waals surface area (Å²) in [5.41, 5.74) is 1.48. The Morgan fingerprint density at radius 2 is 1.66 bits per heavy atom. The summed E-state index contributed by atoms with van der Waals surface area (Å²) < 4.78 is 16.6. The fraction of sp³-hybridized carbons (Fsp3) is 0.400. The van der Waals surface area contributed by atoms with Crippen LogP contribution in [0.3, 0.4) is 0 Å². The van der Waals surface area contributed by atoms with Crippen LogP contribution in [-0.2, 0) is 22.6 Å². The number of methoxy groups -OCH3 is 3. The summed E-state index contributed by atoms with van der Waals surface area (Å²) in [4.78, 5) is 30.6. The first-order valence-electron chi connectivity index (χ1n) is 13.0. The Hall–Kier alpha value is -3.52. The second-order valence-corrected chi connectivity index (χ2v) is 10.5. The zero-order valence-electron chi connectivity index (χ0n) is 22.3. The first kappa shape index (κ1) is 27.5. The molecule has 0 unspecified atom stereocenters. The largest absolute Gasteiger partial charge is 0.496 e. The predicted molar refractivity (Wildman–Crippen MR) is 149 cm³/mol. The van der Waals surface area contributed by atoms with Gasteiger partial charge in [0, 0.05) is 16.5 Å². The van der Waals surface area contributed by atoms with Crippen molar-refractivity contribution in [2.75, 3.05) is 21.3 Å². The average Bonchev–Trinajstić information content (AvgIpc) is 3.46. The van der Waals surface area contributed by atoms with E-state index in [0.717, 1.165) is 36.1 Å². The van der Waals surface area contributed by atoms with Crippen molar-refractivity contribution < 1.29 is 23.8 Å². The highest BCUT2D eigenvalue weighted by molar-refractivity contribution is 7.10. The Bertz CT molecular complexity index is 1210. The molecule has 0 aliphatic heterocycles. The molecule has 38 heavy (non-hydrogen) atoms. The van der Waals surface area contributed by atoms with Crippen LogP contribution in [0.5, 0.6) is 17.2 Å². The maximum absolute atomic E-state index is 14.1. The first-order valence-corrected chi connectivity index (χ1v) is 13.9. The molecule has 2 aromatic carbocycles. The van der Waals surface area contributed by atoms with E-state index >= 15 is 0 Å². The molecule has 1 fully saturated rings. The molecule has 1 atom stereocenters. The minimum absolute atomic E-state index is 0.0967. The zero-order chi connectivity index (χ0) is 26.9. The Morgan fingerprint density at radius 3 is 2.34 bits per heavy atom. The van der Waals surface area contributed by atoms with Gasteiger partial charge in [0.05, 0.1) is 34.3 Å². The number of hydrogen-bond donors (Lipinski definition) is 1. The molecule has 0 radical (unpaired) electrons. The predicted octanol–water partition coefficient (Wildman–Crippen LogP) is 5.54. The number of thiophene rings is 1. The van der Waals surface area contributed by atoms with E-state index in [4.69, 9.17) is 14.2 Å². The number of hydrogen-bond acceptors (Lipinski definition) is 6. The summed E-state index contributed by atoms with van der Waals surface area (Å²) in [5.74, 6) is 1.39. The molecule has 4 rings (SSSR count). The SMILES string of the molecule is COc1ccccc1CN(C(=O)Cc1cccs1)[C@@H](C(=O)NC1CCCCC1)c1ccc(OC)c(OC)c1. The lowest BCUT2D eigenvalue weighted by Gasteiger charge is -2.34. The molecule has 1 aliphatic rings. The molecule has 3 aromatic rings. The van der Waals surface area contributed by atoms with E-state index in [1.807, 2.05) is 47.8 Å². The molecule has 0 spiro atoms. The Labute approximate surface area is 228 Å². The summed E-state index contributed by atoms with van der Waals surface area (Å²) in [5, 5.41) is 5.21. The molecule has 1 heterocycles.